The molecule has 1 rings (SSSR count). The van der Waals surface area contributed by atoms with E-state index in [1.54, 1.807) is 0 Å². The van der Waals surface area contributed by atoms with Crippen LogP contribution in [0.1, 0.15) is 0 Å². The Morgan fingerprint density at radius 2 is 2.27 bits per heavy atom. The Bertz CT molecular complexity index is 320. The number of hydrogen-bond acceptors (Lipinski definition) is 4. The van der Waals surface area contributed by atoms with Crippen LogP contribution in [0.5, 0.6) is 5.75 Å². The van der Waals surface area contributed by atoms with Crippen molar-refractivity contribution in [1.29, 1.82) is 0 Å². The van der Waals surface area contributed by atoms with E-state index in [1.807, 2.05) is 0 Å². The molecule has 3 N–H and O–H groups in total. The Kier molecular flexibility index (Phi) is 4.33. The number of benzene rings is 1. The zero-order valence-corrected chi connectivity index (χ0v) is 8.40. The van der Waals surface area contributed by atoms with E-state index in [2.05, 4.69) is 5.32 Å². The molecule has 0 fully saturated rings. The van der Waals surface area contributed by atoms with E-state index in [-0.39, 0.29) is 18.8 Å². The van der Waals surface area contributed by atoms with Gasteiger partial charge in [0.2, 0.25) is 0 Å². The smallest absolute Gasteiger partial charge is 0.146 e. The van der Waals surface area contributed by atoms with Gasteiger partial charge in [-0.05, 0) is 12.1 Å². The quantitative estimate of drug-likeness (QED) is 0.673. The molecule has 0 aliphatic heterocycles. The van der Waals surface area contributed by atoms with Gasteiger partial charge in [0.1, 0.15) is 11.6 Å². The number of nitrogens with one attached hydrogen (secondary N) is 1. The molecule has 0 aromatic heterocycles. The molecular formula is C10H14FNO3. The van der Waals surface area contributed by atoms with Crippen LogP contribution >= 0.6 is 0 Å². The highest BCUT2D eigenvalue weighted by Crippen LogP contribution is 2.20. The lowest BCUT2D eigenvalue weighted by atomic mass is 10.2. The zero-order valence-electron chi connectivity index (χ0n) is 8.40. The number of halogens is 1. The predicted octanol–water partition coefficient (Wildman–Crippen LogP) is 0.599. The highest BCUT2D eigenvalue weighted by molar-refractivity contribution is 5.49. The van der Waals surface area contributed by atoms with Crippen LogP contribution in [0, 0.1) is 5.82 Å². The number of methoxy groups -OCH3 is 1. The minimum atomic E-state index is -0.907. The minimum absolute atomic E-state index is 0.0839. The van der Waals surface area contributed by atoms with Gasteiger partial charge in [0.25, 0.3) is 0 Å². The van der Waals surface area contributed by atoms with Crippen LogP contribution < -0.4 is 10.1 Å². The first-order valence-electron chi connectivity index (χ1n) is 4.53. The monoisotopic (exact) mass is 215 g/mol. The number of hydrogen-bond donors (Lipinski definition) is 3. The van der Waals surface area contributed by atoms with Crippen molar-refractivity contribution in [3.63, 3.8) is 0 Å². The molecule has 0 amide bonds. The van der Waals surface area contributed by atoms with Crippen molar-refractivity contribution < 1.29 is 19.3 Å². The molecule has 0 bridgehead atoms. The third-order valence-corrected chi connectivity index (χ3v) is 1.91. The molecule has 0 unspecified atom stereocenters. The molecule has 0 heterocycles. The second-order valence-corrected chi connectivity index (χ2v) is 3.06. The predicted molar refractivity (Wildman–Crippen MR) is 54.5 cm³/mol. The first kappa shape index (κ1) is 11.7. The van der Waals surface area contributed by atoms with Gasteiger partial charge in [0.15, 0.2) is 0 Å². The van der Waals surface area contributed by atoms with Gasteiger partial charge in [-0.3, -0.25) is 0 Å². The highest BCUT2D eigenvalue weighted by atomic mass is 19.1. The Balaban J connectivity index is 2.66. The van der Waals surface area contributed by atoms with Gasteiger partial charge in [0.05, 0.1) is 25.5 Å². The summed E-state index contributed by atoms with van der Waals surface area (Å²) >= 11 is 0. The van der Waals surface area contributed by atoms with E-state index < -0.39 is 11.9 Å². The molecule has 1 aromatic rings. The lowest BCUT2D eigenvalue weighted by Gasteiger charge is -2.11. The fourth-order valence-electron chi connectivity index (χ4n) is 1.06. The van der Waals surface area contributed by atoms with Gasteiger partial charge >= 0.3 is 0 Å². The second kappa shape index (κ2) is 5.53. The topological polar surface area (TPSA) is 61.7 Å². The largest absolute Gasteiger partial charge is 0.497 e. The Hall–Kier alpha value is -1.33. The summed E-state index contributed by atoms with van der Waals surface area (Å²) in [6, 6.07) is 4.26. The van der Waals surface area contributed by atoms with Crippen molar-refractivity contribution in [2.24, 2.45) is 0 Å². The van der Waals surface area contributed by atoms with E-state index in [4.69, 9.17) is 14.9 Å². The number of anilines is 1. The lowest BCUT2D eigenvalue weighted by Crippen LogP contribution is -2.23. The zero-order chi connectivity index (χ0) is 11.3. The molecular weight excluding hydrogens is 201 g/mol. The normalized spacial score (nSPS) is 12.3. The summed E-state index contributed by atoms with van der Waals surface area (Å²) in [6.45, 7) is -0.279. The fourth-order valence-corrected chi connectivity index (χ4v) is 1.06. The minimum Gasteiger partial charge on any atom is -0.497 e. The van der Waals surface area contributed by atoms with Gasteiger partial charge in [0, 0.05) is 12.6 Å². The molecule has 84 valence electrons. The summed E-state index contributed by atoms with van der Waals surface area (Å²) in [7, 11) is 1.49. The van der Waals surface area contributed by atoms with Crippen LogP contribution in [-0.4, -0.2) is 36.6 Å². The van der Waals surface area contributed by atoms with Crippen molar-refractivity contribution in [3.8, 4) is 5.75 Å². The highest BCUT2D eigenvalue weighted by Gasteiger charge is 2.06. The maximum atomic E-state index is 13.2. The Morgan fingerprint density at radius 1 is 1.53 bits per heavy atom. The number of aliphatic hydroxyl groups excluding tert-OH is 2. The van der Waals surface area contributed by atoms with E-state index in [1.165, 1.54) is 25.3 Å². The number of rotatable bonds is 5. The summed E-state index contributed by atoms with van der Waals surface area (Å²) in [4.78, 5) is 0. The number of ether oxygens (including phenoxy) is 1. The van der Waals surface area contributed by atoms with Gasteiger partial charge in [-0.1, -0.05) is 0 Å². The maximum Gasteiger partial charge on any atom is 0.146 e. The summed E-state index contributed by atoms with van der Waals surface area (Å²) < 4.78 is 18.1. The second-order valence-electron chi connectivity index (χ2n) is 3.06. The first-order chi connectivity index (χ1) is 7.17. The van der Waals surface area contributed by atoms with Crippen LogP contribution in [0.4, 0.5) is 10.1 Å². The summed E-state index contributed by atoms with van der Waals surface area (Å²) in [6.07, 6.45) is -0.907. The Morgan fingerprint density at radius 3 is 2.87 bits per heavy atom. The molecule has 0 aliphatic rings. The van der Waals surface area contributed by atoms with Crippen LogP contribution in [0.2, 0.25) is 0 Å². The van der Waals surface area contributed by atoms with Crippen molar-refractivity contribution in [3.05, 3.63) is 24.0 Å². The lowest BCUT2D eigenvalue weighted by molar-refractivity contribution is 0.105. The Labute approximate surface area is 87.3 Å². The van der Waals surface area contributed by atoms with E-state index >= 15 is 0 Å². The van der Waals surface area contributed by atoms with Gasteiger partial charge in [-0.15, -0.1) is 0 Å². The molecule has 1 atom stereocenters. The van der Waals surface area contributed by atoms with Crippen LogP contribution in [0.15, 0.2) is 18.2 Å². The van der Waals surface area contributed by atoms with Crippen LogP contribution in [0.3, 0.4) is 0 Å². The van der Waals surface area contributed by atoms with Crippen LogP contribution in [-0.2, 0) is 0 Å². The molecule has 1 aromatic carbocycles. The molecule has 0 aliphatic carbocycles. The van der Waals surface area contributed by atoms with Gasteiger partial charge < -0.3 is 20.3 Å². The molecule has 0 spiro atoms. The third-order valence-electron chi connectivity index (χ3n) is 1.91. The van der Waals surface area contributed by atoms with Crippen LogP contribution in [0.25, 0.3) is 0 Å². The molecule has 0 saturated heterocycles. The average molecular weight is 215 g/mol. The summed E-state index contributed by atoms with van der Waals surface area (Å²) in [5.74, 6) is 0.0957. The average Bonchev–Trinajstić information content (AvgIpc) is 2.27. The SMILES string of the molecule is COc1ccc(F)c(NC[C@H](O)CO)c1. The number of aliphatic hydroxyl groups is 2. The molecule has 15 heavy (non-hydrogen) atoms. The standard InChI is InChI=1S/C10H14FNO3/c1-15-8-2-3-9(11)10(4-8)12-5-7(14)6-13/h2-4,7,12-14H,5-6H2,1H3/t7-/m0/s1. The van der Waals surface area contributed by atoms with Crippen molar-refractivity contribution in [2.75, 3.05) is 25.6 Å². The van der Waals surface area contributed by atoms with E-state index in [0.29, 0.717) is 5.75 Å². The van der Waals surface area contributed by atoms with E-state index in [0.717, 1.165) is 0 Å². The summed E-state index contributed by atoms with van der Waals surface area (Å²) in [5.41, 5.74) is 0.238. The van der Waals surface area contributed by atoms with Gasteiger partial charge in [-0.25, -0.2) is 4.39 Å². The third kappa shape index (κ3) is 3.38. The van der Waals surface area contributed by atoms with Crippen molar-refractivity contribution >= 4 is 5.69 Å². The molecule has 0 radical (unpaired) electrons. The maximum absolute atomic E-state index is 13.2. The molecule has 4 nitrogen and oxygen atoms in total. The van der Waals surface area contributed by atoms with Crippen molar-refractivity contribution in [2.45, 2.75) is 6.10 Å². The van der Waals surface area contributed by atoms with Crippen molar-refractivity contribution in [1.82, 2.24) is 0 Å². The van der Waals surface area contributed by atoms with E-state index in [9.17, 15) is 4.39 Å². The fraction of sp³-hybridized carbons (Fsp3) is 0.400. The van der Waals surface area contributed by atoms with Gasteiger partial charge in [-0.2, -0.15) is 0 Å². The first-order valence-corrected chi connectivity index (χ1v) is 4.53. The molecule has 0 saturated carbocycles. The molecule has 5 heteroatoms. The summed E-state index contributed by atoms with van der Waals surface area (Å²) in [5, 5.41) is 20.3.